The molecule has 2 nitrogen and oxygen atoms in total. The molecule has 4 aliphatic carbocycles. The third-order valence-corrected chi connectivity index (χ3v) is 16.4. The van der Waals surface area contributed by atoms with Crippen LogP contribution in [0.2, 0.25) is 0 Å². The molecular formula is C74H74Cl2N2Zr2-2. The van der Waals surface area contributed by atoms with Crippen LogP contribution in [0.5, 0.6) is 0 Å². The number of hydrogen-bond acceptors (Lipinski definition) is 2. The normalized spacial score (nSPS) is 12.0. The Labute approximate surface area is 523 Å². The monoisotopic (exact) mass is 1240 g/mol. The van der Waals surface area contributed by atoms with E-state index in [0.29, 0.717) is 24.2 Å². The molecule has 0 unspecified atom stereocenters. The van der Waals surface area contributed by atoms with Crippen LogP contribution in [0.3, 0.4) is 0 Å². The fourth-order valence-corrected chi connectivity index (χ4v) is 11.8. The van der Waals surface area contributed by atoms with Crippen LogP contribution in [0.4, 0.5) is 11.4 Å². The molecule has 4 aliphatic rings. The van der Waals surface area contributed by atoms with Gasteiger partial charge in [0.15, 0.2) is 0 Å². The molecule has 0 amide bonds. The van der Waals surface area contributed by atoms with Crippen LogP contribution in [0.25, 0.3) is 22.3 Å². The SMILES string of the molecule is CC(C)N(c1[c-]c2c(cc1)-c1ccccc1C2)C(C)C.CC(C)N(c1[c-]c2c(cc1)-c1ccccc1C2)C(C)C.[C-]1=CC=CC1.[C-]1=CC=CC1.[Cl-].[Cl-].[Zr+2]=[C](c1ccccc1)c1ccccc1.[Zr+2]=[C](c1ccccc1)c1ccccc1. The van der Waals surface area contributed by atoms with Crippen molar-refractivity contribution in [2.75, 3.05) is 9.80 Å². The average Bonchev–Trinajstić information content (AvgIpc) is 4.39. The third kappa shape index (κ3) is 18.7. The Hall–Kier alpha value is -5.59. The summed E-state index contributed by atoms with van der Waals surface area (Å²) in [6.07, 6.45) is 22.0. The summed E-state index contributed by atoms with van der Waals surface area (Å²) in [6.45, 7) is 18.0. The molecule has 404 valence electrons. The van der Waals surface area contributed by atoms with Crippen molar-refractivity contribution in [2.45, 2.75) is 105 Å². The number of benzene rings is 8. The second-order valence-corrected chi connectivity index (χ2v) is 23.0. The molecule has 0 bridgehead atoms. The van der Waals surface area contributed by atoms with Gasteiger partial charge in [0, 0.05) is 24.2 Å². The molecule has 0 saturated carbocycles. The summed E-state index contributed by atoms with van der Waals surface area (Å²) in [5.74, 6) is 0. The van der Waals surface area contributed by atoms with Gasteiger partial charge in [0.25, 0.3) is 0 Å². The van der Waals surface area contributed by atoms with E-state index in [1.165, 1.54) is 133 Å². The minimum atomic E-state index is 0. The summed E-state index contributed by atoms with van der Waals surface area (Å²) < 4.78 is 2.83. The van der Waals surface area contributed by atoms with Crippen LogP contribution in [0.1, 0.15) is 113 Å². The van der Waals surface area contributed by atoms with Gasteiger partial charge in [0.05, 0.1) is 0 Å². The number of halogens is 2. The summed E-state index contributed by atoms with van der Waals surface area (Å²) in [5.41, 5.74) is 18.8. The second-order valence-electron chi connectivity index (χ2n) is 20.5. The van der Waals surface area contributed by atoms with Crippen LogP contribution in [-0.2, 0) is 61.3 Å². The maximum atomic E-state index is 3.66. The molecule has 0 aromatic heterocycles. The van der Waals surface area contributed by atoms with Gasteiger partial charge in [-0.15, -0.1) is 47.2 Å². The molecule has 80 heavy (non-hydrogen) atoms. The van der Waals surface area contributed by atoms with E-state index in [1.807, 2.05) is 24.3 Å². The topological polar surface area (TPSA) is 6.48 Å². The fraction of sp³-hybridized carbons (Fsp3) is 0.216. The molecule has 0 fully saturated rings. The van der Waals surface area contributed by atoms with Gasteiger partial charge in [-0.3, -0.25) is 12.2 Å². The first kappa shape index (κ1) is 65.2. The van der Waals surface area contributed by atoms with Crippen molar-refractivity contribution in [1.29, 1.82) is 0 Å². The first-order valence-corrected chi connectivity index (χ1v) is 30.0. The van der Waals surface area contributed by atoms with Crippen LogP contribution in [0.15, 0.2) is 231 Å². The number of hydrogen-bond donors (Lipinski definition) is 0. The summed E-state index contributed by atoms with van der Waals surface area (Å²) in [7, 11) is 0. The molecule has 0 saturated heterocycles. The van der Waals surface area contributed by atoms with Crippen LogP contribution in [-0.4, -0.2) is 30.6 Å². The number of nitrogens with zero attached hydrogens (tertiary/aromatic N) is 2. The minimum absolute atomic E-state index is 0. The molecule has 8 aromatic rings. The summed E-state index contributed by atoms with van der Waals surface area (Å²) in [5, 5.41) is 0. The first-order valence-electron chi connectivity index (χ1n) is 27.6. The van der Waals surface area contributed by atoms with Gasteiger partial charge in [-0.25, -0.2) is 24.3 Å². The van der Waals surface area contributed by atoms with E-state index < -0.39 is 0 Å². The molecule has 6 heteroatoms. The number of anilines is 2. The van der Waals surface area contributed by atoms with Crippen molar-refractivity contribution in [1.82, 2.24) is 0 Å². The molecule has 0 radical (unpaired) electrons. The standard InChI is InChI=1S/2C19H22N.2C13H10.2C5H5.2ClH.2Zr/c2*1-13(2)20(14(3)4)17-9-10-19-16(12-17)11-15-7-5-6-8-18(15)19;2*1-3-7-12(8-4-1)11-13-9-5-2-6-10-13;2*1-2-4-5-3-1;;;;/h2*5-10,13-14H,11H2,1-4H3;2*1-10H;2*1-3H,4H2;2*1H;;/q2*-1;;;2*-1;;;2*+2/p-2. The third-order valence-electron chi connectivity index (χ3n) is 13.6. The number of allylic oxidation sites excluding steroid dienone is 8. The van der Waals surface area contributed by atoms with Crippen molar-refractivity contribution in [3.05, 3.63) is 299 Å². The Bertz CT molecular complexity index is 2950. The Morgan fingerprint density at radius 1 is 0.362 bits per heavy atom. The number of rotatable bonds is 10. The first-order chi connectivity index (χ1) is 37.9. The second kappa shape index (κ2) is 34.0. The zero-order valence-electron chi connectivity index (χ0n) is 47.7. The van der Waals surface area contributed by atoms with Gasteiger partial charge in [-0.05, 0) is 68.2 Å². The summed E-state index contributed by atoms with van der Waals surface area (Å²) in [4.78, 5) is 4.87. The molecule has 0 N–H and O–H groups in total. The Kier molecular flexibility index (Phi) is 27.7. The van der Waals surface area contributed by atoms with E-state index in [4.69, 9.17) is 0 Å². The van der Waals surface area contributed by atoms with Crippen molar-refractivity contribution in [3.8, 4) is 22.3 Å². The summed E-state index contributed by atoms with van der Waals surface area (Å²) >= 11 is 2.92. The van der Waals surface area contributed by atoms with Gasteiger partial charge in [-0.2, -0.15) is 36.4 Å². The van der Waals surface area contributed by atoms with Crippen molar-refractivity contribution in [3.63, 3.8) is 0 Å². The molecule has 0 aliphatic heterocycles. The molecule has 12 rings (SSSR count). The predicted molar refractivity (Wildman–Crippen MR) is 328 cm³/mol. The Morgan fingerprint density at radius 3 is 0.900 bits per heavy atom. The van der Waals surface area contributed by atoms with Gasteiger partial charge >= 0.3 is 198 Å². The molecule has 0 atom stereocenters. The van der Waals surface area contributed by atoms with Crippen molar-refractivity contribution >= 4 is 17.8 Å². The van der Waals surface area contributed by atoms with E-state index in [9.17, 15) is 0 Å². The van der Waals surface area contributed by atoms with E-state index in [1.54, 1.807) is 0 Å². The van der Waals surface area contributed by atoms with Gasteiger partial charge in [0.2, 0.25) is 0 Å². The molecule has 0 spiro atoms. The molecule has 8 aromatic carbocycles. The quantitative estimate of drug-likeness (QED) is 0.126. The van der Waals surface area contributed by atoms with Crippen molar-refractivity contribution in [2.24, 2.45) is 0 Å². The van der Waals surface area contributed by atoms with E-state index in [-0.39, 0.29) is 24.8 Å². The fourth-order valence-electron chi connectivity index (χ4n) is 10.1. The zero-order valence-corrected chi connectivity index (χ0v) is 54.2. The zero-order chi connectivity index (χ0) is 55.2. The average molecular weight is 1240 g/mol. The van der Waals surface area contributed by atoms with Gasteiger partial charge < -0.3 is 34.6 Å². The van der Waals surface area contributed by atoms with Gasteiger partial charge in [0.1, 0.15) is 0 Å². The Morgan fingerprint density at radius 2 is 0.650 bits per heavy atom. The van der Waals surface area contributed by atoms with Gasteiger partial charge in [-0.1, -0.05) is 82.2 Å². The Balaban J connectivity index is 0.000000185. The molecule has 0 heterocycles. The predicted octanol–water partition coefficient (Wildman–Crippen LogP) is 11.6. The van der Waals surface area contributed by atoms with E-state index in [0.717, 1.165) is 25.7 Å². The van der Waals surface area contributed by atoms with E-state index >= 15 is 0 Å². The van der Waals surface area contributed by atoms with Crippen molar-refractivity contribution < 1.29 is 73.3 Å². The van der Waals surface area contributed by atoms with Crippen LogP contribution in [0, 0.1) is 24.3 Å². The van der Waals surface area contributed by atoms with E-state index in [2.05, 4.69) is 296 Å². The number of fused-ring (bicyclic) bond motifs is 6. The van der Waals surface area contributed by atoms with Crippen LogP contribution < -0.4 is 34.6 Å². The summed E-state index contributed by atoms with van der Waals surface area (Å²) in [6, 6.07) is 77.9. The molecular weight excluding hydrogens is 1170 g/mol. The maximum absolute atomic E-state index is 3.66. The van der Waals surface area contributed by atoms with Crippen LogP contribution >= 0.6 is 0 Å².